The van der Waals surface area contributed by atoms with Gasteiger partial charge in [-0.05, 0) is 35.6 Å². The maximum atomic E-state index is 12.7. The van der Waals surface area contributed by atoms with Gasteiger partial charge < -0.3 is 10.0 Å². The summed E-state index contributed by atoms with van der Waals surface area (Å²) in [6, 6.07) is 8.65. The summed E-state index contributed by atoms with van der Waals surface area (Å²) < 4.78 is 0. The first-order valence-electron chi connectivity index (χ1n) is 6.78. The van der Waals surface area contributed by atoms with Crippen LogP contribution in [0.5, 0.6) is 0 Å². The minimum atomic E-state index is -0.943. The van der Waals surface area contributed by atoms with Crippen molar-refractivity contribution in [2.24, 2.45) is 0 Å². The second kappa shape index (κ2) is 3.95. The first-order valence-corrected chi connectivity index (χ1v) is 7.66. The van der Waals surface area contributed by atoms with E-state index in [4.69, 9.17) is 0 Å². The van der Waals surface area contributed by atoms with Crippen LogP contribution in [0.3, 0.4) is 0 Å². The second-order valence-electron chi connectivity index (χ2n) is 5.61. The molecule has 21 heavy (non-hydrogen) atoms. The predicted octanol–water partition coefficient (Wildman–Crippen LogP) is 2.48. The number of aliphatic carboxylic acids is 1. The van der Waals surface area contributed by atoms with E-state index in [1.165, 1.54) is 0 Å². The van der Waals surface area contributed by atoms with Gasteiger partial charge in [0.05, 0.1) is 5.54 Å². The Morgan fingerprint density at radius 2 is 2.10 bits per heavy atom. The van der Waals surface area contributed by atoms with E-state index in [-0.39, 0.29) is 5.91 Å². The lowest BCUT2D eigenvalue weighted by atomic mass is 9.80. The highest BCUT2D eigenvalue weighted by molar-refractivity contribution is 7.10. The average molecular weight is 299 g/mol. The van der Waals surface area contributed by atoms with E-state index in [9.17, 15) is 14.7 Å². The molecule has 1 aromatic heterocycles. The average Bonchev–Trinajstić information content (AvgIpc) is 3.02. The van der Waals surface area contributed by atoms with Crippen LogP contribution in [0.15, 0.2) is 35.7 Å². The summed E-state index contributed by atoms with van der Waals surface area (Å²) >= 11 is 1.57. The maximum absolute atomic E-state index is 12.7. The van der Waals surface area contributed by atoms with Crippen molar-refractivity contribution in [1.29, 1.82) is 0 Å². The third kappa shape index (κ3) is 1.39. The minimum absolute atomic E-state index is 0.183. The number of thiophene rings is 1. The van der Waals surface area contributed by atoms with Gasteiger partial charge in [-0.2, -0.15) is 0 Å². The van der Waals surface area contributed by atoms with Crippen LogP contribution in [-0.4, -0.2) is 27.9 Å². The molecule has 0 radical (unpaired) electrons. The quantitative estimate of drug-likeness (QED) is 0.880. The molecule has 0 saturated carbocycles. The third-order valence-electron chi connectivity index (χ3n) is 4.63. The van der Waals surface area contributed by atoms with Crippen LogP contribution in [0.1, 0.15) is 33.3 Å². The molecule has 3 heterocycles. The molecule has 0 unspecified atom stereocenters. The standard InChI is InChI=1S/C16H13NO3S/c1-16-10-5-3-2-4-9(10)14(18)17(16)12(15(19)20)8-13-11(16)6-7-21-13/h2-7,12H,8H2,1H3,(H,19,20)/t12-,16+/m0/s1. The van der Waals surface area contributed by atoms with E-state index in [0.29, 0.717) is 12.0 Å². The largest absolute Gasteiger partial charge is 0.480 e. The number of carbonyl (C=O) groups excluding carboxylic acids is 1. The lowest BCUT2D eigenvalue weighted by molar-refractivity contribution is -0.144. The van der Waals surface area contributed by atoms with Crippen LogP contribution in [0, 0.1) is 0 Å². The van der Waals surface area contributed by atoms with E-state index in [1.54, 1.807) is 22.3 Å². The van der Waals surface area contributed by atoms with E-state index >= 15 is 0 Å². The van der Waals surface area contributed by atoms with Gasteiger partial charge >= 0.3 is 5.97 Å². The molecule has 0 bridgehead atoms. The topological polar surface area (TPSA) is 57.6 Å². The number of amides is 1. The number of carbonyl (C=O) groups is 2. The molecule has 106 valence electrons. The van der Waals surface area contributed by atoms with Crippen LogP contribution < -0.4 is 0 Å². The van der Waals surface area contributed by atoms with E-state index < -0.39 is 17.6 Å². The number of hydrogen-bond acceptors (Lipinski definition) is 3. The van der Waals surface area contributed by atoms with Crippen LogP contribution in [0.25, 0.3) is 0 Å². The van der Waals surface area contributed by atoms with Crippen molar-refractivity contribution in [1.82, 2.24) is 4.90 Å². The highest BCUT2D eigenvalue weighted by Gasteiger charge is 2.55. The zero-order chi connectivity index (χ0) is 14.8. The molecular formula is C16H13NO3S. The van der Waals surface area contributed by atoms with Crippen molar-refractivity contribution >= 4 is 23.2 Å². The zero-order valence-corrected chi connectivity index (χ0v) is 12.2. The molecule has 1 aromatic carbocycles. The molecule has 0 aliphatic carbocycles. The summed E-state index contributed by atoms with van der Waals surface area (Å²) in [5.41, 5.74) is 1.90. The maximum Gasteiger partial charge on any atom is 0.326 e. The summed E-state index contributed by atoms with van der Waals surface area (Å²) in [6.07, 6.45) is 0.387. The fourth-order valence-electron chi connectivity index (χ4n) is 3.68. The monoisotopic (exact) mass is 299 g/mol. The van der Waals surface area contributed by atoms with Crippen LogP contribution in [0.4, 0.5) is 0 Å². The van der Waals surface area contributed by atoms with Gasteiger partial charge in [0.25, 0.3) is 5.91 Å². The Balaban J connectivity index is 2.05. The van der Waals surface area contributed by atoms with Gasteiger partial charge in [-0.3, -0.25) is 4.79 Å². The molecule has 0 saturated heterocycles. The number of nitrogens with zero attached hydrogens (tertiary/aromatic N) is 1. The molecule has 4 nitrogen and oxygen atoms in total. The first-order chi connectivity index (χ1) is 10.0. The molecule has 1 amide bonds. The molecular weight excluding hydrogens is 286 g/mol. The molecule has 2 atom stereocenters. The summed E-state index contributed by atoms with van der Waals surface area (Å²) in [5.74, 6) is -1.13. The fourth-order valence-corrected chi connectivity index (χ4v) is 4.70. The fraction of sp³-hybridized carbons (Fsp3) is 0.250. The van der Waals surface area contributed by atoms with E-state index in [2.05, 4.69) is 0 Å². The second-order valence-corrected chi connectivity index (χ2v) is 6.61. The summed E-state index contributed by atoms with van der Waals surface area (Å²) in [6.45, 7) is 1.96. The van der Waals surface area contributed by atoms with Crippen molar-refractivity contribution in [3.63, 3.8) is 0 Å². The molecule has 4 rings (SSSR count). The highest BCUT2D eigenvalue weighted by atomic mass is 32.1. The lowest BCUT2D eigenvalue weighted by Crippen LogP contribution is -2.55. The Bertz CT molecular complexity index is 781. The van der Waals surface area contributed by atoms with Crippen molar-refractivity contribution in [2.75, 3.05) is 0 Å². The van der Waals surface area contributed by atoms with Gasteiger partial charge in [0.1, 0.15) is 6.04 Å². The number of carboxylic acid groups (broad SMARTS) is 1. The van der Waals surface area contributed by atoms with Crippen molar-refractivity contribution in [3.05, 3.63) is 57.3 Å². The van der Waals surface area contributed by atoms with Crippen molar-refractivity contribution < 1.29 is 14.7 Å². The van der Waals surface area contributed by atoms with Gasteiger partial charge in [-0.1, -0.05) is 18.2 Å². The van der Waals surface area contributed by atoms with Gasteiger partial charge in [0, 0.05) is 16.9 Å². The molecule has 2 aliphatic heterocycles. The van der Waals surface area contributed by atoms with Crippen LogP contribution in [-0.2, 0) is 16.8 Å². The van der Waals surface area contributed by atoms with Gasteiger partial charge in [0.15, 0.2) is 0 Å². The highest BCUT2D eigenvalue weighted by Crippen LogP contribution is 2.50. The normalized spacial score (nSPS) is 26.2. The predicted molar refractivity (Wildman–Crippen MR) is 78.5 cm³/mol. The lowest BCUT2D eigenvalue weighted by Gasteiger charge is -2.43. The summed E-state index contributed by atoms with van der Waals surface area (Å²) in [7, 11) is 0. The van der Waals surface area contributed by atoms with Crippen LogP contribution >= 0.6 is 11.3 Å². The Kier molecular flexibility index (Phi) is 2.37. The van der Waals surface area contributed by atoms with E-state index in [1.807, 2.05) is 36.6 Å². The smallest absolute Gasteiger partial charge is 0.326 e. The number of rotatable bonds is 1. The van der Waals surface area contributed by atoms with Gasteiger partial charge in [0.2, 0.25) is 0 Å². The molecule has 1 N–H and O–H groups in total. The number of hydrogen-bond donors (Lipinski definition) is 1. The summed E-state index contributed by atoms with van der Waals surface area (Å²) in [5, 5.41) is 11.5. The number of fused-ring (bicyclic) bond motifs is 5. The summed E-state index contributed by atoms with van der Waals surface area (Å²) in [4.78, 5) is 27.0. The minimum Gasteiger partial charge on any atom is -0.480 e. The molecule has 2 aromatic rings. The molecule has 2 aliphatic rings. The Hall–Kier alpha value is -2.14. The van der Waals surface area contributed by atoms with E-state index in [0.717, 1.165) is 16.0 Å². The molecule has 0 fully saturated rings. The van der Waals surface area contributed by atoms with Crippen LogP contribution in [0.2, 0.25) is 0 Å². The third-order valence-corrected chi connectivity index (χ3v) is 5.57. The molecule has 5 heteroatoms. The Morgan fingerprint density at radius 1 is 1.33 bits per heavy atom. The molecule has 0 spiro atoms. The number of benzene rings is 1. The van der Waals surface area contributed by atoms with Gasteiger partial charge in [-0.25, -0.2) is 4.79 Å². The zero-order valence-electron chi connectivity index (χ0n) is 11.4. The van der Waals surface area contributed by atoms with Crippen molar-refractivity contribution in [3.8, 4) is 0 Å². The Morgan fingerprint density at radius 3 is 2.86 bits per heavy atom. The SMILES string of the molecule is C[C@]12c3ccccc3C(=O)N1[C@H](C(=O)O)Cc1sccc12. The number of carboxylic acids is 1. The Labute approximate surface area is 125 Å². The van der Waals surface area contributed by atoms with Gasteiger partial charge in [-0.15, -0.1) is 11.3 Å². The van der Waals surface area contributed by atoms with Crippen molar-refractivity contribution in [2.45, 2.75) is 24.9 Å². The first kappa shape index (κ1) is 12.6.